The largest absolute Gasteiger partial charge is 0.493 e. The summed E-state index contributed by atoms with van der Waals surface area (Å²) >= 11 is 0. The third kappa shape index (κ3) is 10.7. The van der Waals surface area contributed by atoms with E-state index in [1.807, 2.05) is 13.0 Å². The van der Waals surface area contributed by atoms with E-state index >= 15 is 0 Å². The van der Waals surface area contributed by atoms with Crippen molar-refractivity contribution in [2.75, 3.05) is 31.7 Å². The summed E-state index contributed by atoms with van der Waals surface area (Å²) in [5, 5.41) is 20.5. The normalized spacial score (nSPS) is 12.1. The Hall–Kier alpha value is -4.19. The van der Waals surface area contributed by atoms with Crippen LogP contribution in [0, 0.1) is 30.1 Å². The second-order valence-corrected chi connectivity index (χ2v) is 13.6. The van der Waals surface area contributed by atoms with Crippen molar-refractivity contribution in [2.24, 2.45) is 11.8 Å². The van der Waals surface area contributed by atoms with Crippen molar-refractivity contribution in [1.82, 2.24) is 8.87 Å². The van der Waals surface area contributed by atoms with Gasteiger partial charge in [0.05, 0.1) is 10.8 Å². The first-order valence-electron chi connectivity index (χ1n) is 15.7. The first-order chi connectivity index (χ1) is 22.2. The molecular weight excluding hydrogens is 626 g/mol. The fourth-order valence-corrected chi connectivity index (χ4v) is 6.05. The van der Waals surface area contributed by atoms with Crippen LogP contribution in [-0.2, 0) is 35.6 Å². The molecule has 2 aromatic rings. The SMILES string of the molecule is C=C(C)C(=O)OCCN(CCOC(=O)C(C)C)S(=O)(=O)c1ccc([NH2+]Nc2c(C)c(C#N)c(O)n(CC(CC)CCCC)c2=O)cc1. The van der Waals surface area contributed by atoms with Crippen LogP contribution in [0.2, 0.25) is 0 Å². The van der Waals surface area contributed by atoms with Crippen molar-refractivity contribution in [3.63, 3.8) is 0 Å². The number of nitrogen functional groups attached to an aromatic ring is 1. The van der Waals surface area contributed by atoms with Crippen LogP contribution in [0.1, 0.15) is 71.4 Å². The number of rotatable bonds is 19. The van der Waals surface area contributed by atoms with Crippen LogP contribution < -0.4 is 16.4 Å². The first kappa shape index (κ1) is 39.0. The number of nitriles is 1. The molecule has 0 aliphatic heterocycles. The summed E-state index contributed by atoms with van der Waals surface area (Å²) < 4.78 is 39.7. The van der Waals surface area contributed by atoms with Gasteiger partial charge in [-0.25, -0.2) is 24.1 Å². The van der Waals surface area contributed by atoms with Crippen molar-refractivity contribution in [1.29, 1.82) is 5.26 Å². The summed E-state index contributed by atoms with van der Waals surface area (Å²) in [4.78, 5) is 37.1. The highest BCUT2D eigenvalue weighted by Gasteiger charge is 2.26. The number of nitrogens with one attached hydrogen (secondary N) is 1. The molecule has 0 saturated carbocycles. The molecule has 1 heterocycles. The number of anilines is 1. The average Bonchev–Trinajstić information content (AvgIpc) is 3.03. The van der Waals surface area contributed by atoms with Crippen LogP contribution in [0.25, 0.3) is 0 Å². The summed E-state index contributed by atoms with van der Waals surface area (Å²) in [7, 11) is -4.10. The highest BCUT2D eigenvalue weighted by atomic mass is 32.2. The molecule has 1 atom stereocenters. The summed E-state index contributed by atoms with van der Waals surface area (Å²) in [5.74, 6) is -1.71. The number of esters is 2. The number of hydrogen-bond donors (Lipinski definition) is 3. The van der Waals surface area contributed by atoms with Crippen LogP contribution >= 0.6 is 0 Å². The number of carbonyl (C=O) groups is 2. The van der Waals surface area contributed by atoms with E-state index in [1.54, 1.807) is 20.8 Å². The third-order valence-corrected chi connectivity index (χ3v) is 9.58. The number of carbonyl (C=O) groups excluding carboxylic acids is 2. The molecule has 0 fully saturated rings. The van der Waals surface area contributed by atoms with Crippen LogP contribution in [0.5, 0.6) is 5.88 Å². The molecule has 1 aromatic heterocycles. The van der Waals surface area contributed by atoms with Gasteiger partial charge in [-0.05, 0) is 38.3 Å². The molecule has 0 radical (unpaired) electrons. The average molecular weight is 675 g/mol. The van der Waals surface area contributed by atoms with Gasteiger partial charge in [0, 0.05) is 42.9 Å². The van der Waals surface area contributed by atoms with Gasteiger partial charge in [0.2, 0.25) is 15.9 Å². The second-order valence-electron chi connectivity index (χ2n) is 11.6. The van der Waals surface area contributed by atoms with Crippen LogP contribution in [0.4, 0.5) is 11.4 Å². The number of pyridine rings is 1. The Labute approximate surface area is 277 Å². The van der Waals surface area contributed by atoms with E-state index in [1.165, 1.54) is 41.2 Å². The summed E-state index contributed by atoms with van der Waals surface area (Å²) in [6.07, 6.45) is 3.69. The number of aromatic nitrogens is 1. The number of benzene rings is 1. The molecule has 2 rings (SSSR count). The predicted octanol–water partition coefficient (Wildman–Crippen LogP) is 3.48. The number of hydrogen-bond acceptors (Lipinski definition) is 10. The Morgan fingerprint density at radius 3 is 2.30 bits per heavy atom. The minimum absolute atomic E-state index is 0.000353. The number of nitrogens with zero attached hydrogens (tertiary/aromatic N) is 3. The molecule has 1 unspecified atom stereocenters. The summed E-state index contributed by atoms with van der Waals surface area (Å²) in [6, 6.07) is 7.84. The fourth-order valence-electron chi connectivity index (χ4n) is 4.64. The number of aromatic hydroxyl groups is 1. The molecular formula is C33H48N5O8S+. The van der Waals surface area contributed by atoms with Crippen molar-refractivity contribution >= 4 is 33.3 Å². The lowest BCUT2D eigenvalue weighted by molar-refractivity contribution is -0.538. The van der Waals surface area contributed by atoms with Gasteiger partial charge in [-0.2, -0.15) is 9.57 Å². The highest BCUT2D eigenvalue weighted by molar-refractivity contribution is 7.89. The molecule has 47 heavy (non-hydrogen) atoms. The molecule has 258 valence electrons. The lowest BCUT2D eigenvalue weighted by atomic mass is 9.99. The maximum atomic E-state index is 13.6. The number of unbranched alkanes of at least 4 members (excludes halogenated alkanes) is 1. The van der Waals surface area contributed by atoms with E-state index in [4.69, 9.17) is 9.47 Å². The first-order valence-corrected chi connectivity index (χ1v) is 17.2. The summed E-state index contributed by atoms with van der Waals surface area (Å²) in [5.41, 5.74) is 5.14. The minimum atomic E-state index is -4.10. The van der Waals surface area contributed by atoms with Gasteiger partial charge in [-0.15, -0.1) is 0 Å². The van der Waals surface area contributed by atoms with Crippen LogP contribution in [-0.4, -0.2) is 60.6 Å². The number of ether oxygens (including phenoxy) is 2. The van der Waals surface area contributed by atoms with Crippen molar-refractivity contribution < 1.29 is 38.0 Å². The Morgan fingerprint density at radius 2 is 1.77 bits per heavy atom. The highest BCUT2D eigenvalue weighted by Crippen LogP contribution is 2.26. The lowest BCUT2D eigenvalue weighted by Gasteiger charge is -2.22. The van der Waals surface area contributed by atoms with E-state index in [0.29, 0.717) is 11.3 Å². The fraction of sp³-hybridized carbons (Fsp3) is 0.515. The van der Waals surface area contributed by atoms with Gasteiger partial charge in [0.15, 0.2) is 11.4 Å². The monoisotopic (exact) mass is 674 g/mol. The second kappa shape index (κ2) is 18.2. The Morgan fingerprint density at radius 1 is 1.15 bits per heavy atom. The van der Waals surface area contributed by atoms with E-state index < -0.39 is 27.5 Å². The van der Waals surface area contributed by atoms with E-state index in [9.17, 15) is 33.2 Å². The maximum Gasteiger partial charge on any atom is 0.333 e. The van der Waals surface area contributed by atoms with E-state index in [0.717, 1.165) is 30.0 Å². The van der Waals surface area contributed by atoms with Gasteiger partial charge in [0.1, 0.15) is 24.8 Å². The zero-order valence-electron chi connectivity index (χ0n) is 28.2. The molecule has 13 nitrogen and oxygen atoms in total. The Kier molecular flexibility index (Phi) is 15.1. The van der Waals surface area contributed by atoms with Gasteiger partial charge < -0.3 is 14.6 Å². The minimum Gasteiger partial charge on any atom is -0.493 e. The van der Waals surface area contributed by atoms with Gasteiger partial charge in [-0.1, -0.05) is 53.5 Å². The zero-order valence-corrected chi connectivity index (χ0v) is 29.0. The topological polar surface area (TPSA) is 185 Å². The molecule has 0 amide bonds. The van der Waals surface area contributed by atoms with Crippen molar-refractivity contribution in [3.8, 4) is 11.9 Å². The third-order valence-electron chi connectivity index (χ3n) is 7.66. The lowest BCUT2D eigenvalue weighted by Crippen LogP contribution is -2.83. The van der Waals surface area contributed by atoms with Crippen LogP contribution in [0.3, 0.4) is 0 Å². The molecule has 0 aliphatic rings. The zero-order chi connectivity index (χ0) is 35.3. The van der Waals surface area contributed by atoms with Crippen molar-refractivity contribution in [3.05, 3.63) is 57.9 Å². The molecule has 1 aromatic carbocycles. The molecule has 4 N–H and O–H groups in total. The van der Waals surface area contributed by atoms with Crippen molar-refractivity contribution in [2.45, 2.75) is 78.7 Å². The van der Waals surface area contributed by atoms with E-state index in [-0.39, 0.29) is 72.3 Å². The van der Waals surface area contributed by atoms with Gasteiger partial charge >= 0.3 is 11.9 Å². The quantitative estimate of drug-likeness (QED) is 0.0655. The summed E-state index contributed by atoms with van der Waals surface area (Å²) in [6.45, 7) is 13.5. The number of nitrogens with two attached hydrogens (primary N) is 1. The molecule has 0 saturated heterocycles. The van der Waals surface area contributed by atoms with Crippen LogP contribution in [0.15, 0.2) is 46.1 Å². The maximum absolute atomic E-state index is 13.6. The number of quaternary nitrogens is 1. The predicted molar refractivity (Wildman–Crippen MR) is 177 cm³/mol. The molecule has 0 bridgehead atoms. The molecule has 0 spiro atoms. The molecule has 14 heteroatoms. The van der Waals surface area contributed by atoms with Gasteiger partial charge in [-0.3, -0.25) is 14.2 Å². The Balaban J connectivity index is 2.29. The Bertz CT molecular complexity index is 1610. The van der Waals surface area contributed by atoms with E-state index in [2.05, 4.69) is 18.9 Å². The van der Waals surface area contributed by atoms with Gasteiger partial charge in [0.25, 0.3) is 5.56 Å². The number of sulfonamides is 1. The smallest absolute Gasteiger partial charge is 0.333 e. The standard InChI is InChI=1S/C33H47N5O8S/c1-8-10-11-25(9-2)21-38-30(39)28(20-34)24(7)29(31(38)40)36-35-26-12-14-27(15-13-26)47(43,44)37(16-18-45-32(41)22(3)4)17-19-46-33(42)23(5)6/h12-15,23,25,35-36,39H,3,8-11,16-19,21H2,1-2,4-7H3/p+1. The molecule has 0 aliphatic carbocycles.